The summed E-state index contributed by atoms with van der Waals surface area (Å²) in [5, 5.41) is 0. The molecule has 0 bridgehead atoms. The number of hydrogen-bond donors (Lipinski definition) is 2. The molecule has 0 aliphatic rings. The molecule has 1 unspecified atom stereocenters. The standard InChI is InChI=1S/C18H40N2/c1-2-3-4-5-6-7-8-9-10-11-12-15-18(20)16-13-14-17-19/h18H,2-17,19-20H2,1H3. The van der Waals surface area contributed by atoms with Gasteiger partial charge in [-0.2, -0.15) is 0 Å². The summed E-state index contributed by atoms with van der Waals surface area (Å²) in [5.74, 6) is 0. The van der Waals surface area contributed by atoms with Crippen molar-refractivity contribution in [3.05, 3.63) is 0 Å². The Balaban J connectivity index is 3.05. The highest BCUT2D eigenvalue weighted by Gasteiger charge is 2.01. The van der Waals surface area contributed by atoms with Crippen LogP contribution in [0, 0.1) is 0 Å². The van der Waals surface area contributed by atoms with Crippen LogP contribution in [0.3, 0.4) is 0 Å². The van der Waals surface area contributed by atoms with Crippen LogP contribution in [0.2, 0.25) is 0 Å². The van der Waals surface area contributed by atoms with Crippen molar-refractivity contribution in [1.82, 2.24) is 0 Å². The second kappa shape index (κ2) is 17.0. The van der Waals surface area contributed by atoms with Crippen molar-refractivity contribution in [3.8, 4) is 0 Å². The second-order valence-electron chi connectivity index (χ2n) is 6.37. The van der Waals surface area contributed by atoms with Crippen LogP contribution in [-0.4, -0.2) is 12.6 Å². The van der Waals surface area contributed by atoms with E-state index in [-0.39, 0.29) is 0 Å². The SMILES string of the molecule is CCCCCCCCCCCCCC(N)CCCCN. The van der Waals surface area contributed by atoms with E-state index in [0.717, 1.165) is 19.4 Å². The highest BCUT2D eigenvalue weighted by Crippen LogP contribution is 2.13. The Morgan fingerprint density at radius 1 is 0.600 bits per heavy atom. The third kappa shape index (κ3) is 16.0. The molecule has 0 heterocycles. The van der Waals surface area contributed by atoms with Crippen molar-refractivity contribution in [1.29, 1.82) is 0 Å². The zero-order chi connectivity index (χ0) is 14.9. The molecule has 0 saturated carbocycles. The molecule has 0 saturated heterocycles. The van der Waals surface area contributed by atoms with Gasteiger partial charge < -0.3 is 11.5 Å². The van der Waals surface area contributed by atoms with Gasteiger partial charge in [-0.3, -0.25) is 0 Å². The largest absolute Gasteiger partial charge is 0.330 e. The van der Waals surface area contributed by atoms with Crippen LogP contribution in [0.25, 0.3) is 0 Å². The van der Waals surface area contributed by atoms with E-state index < -0.39 is 0 Å². The molecule has 0 aliphatic heterocycles. The van der Waals surface area contributed by atoms with Gasteiger partial charge in [0.2, 0.25) is 0 Å². The summed E-state index contributed by atoms with van der Waals surface area (Å²) in [6.45, 7) is 3.09. The van der Waals surface area contributed by atoms with Crippen molar-refractivity contribution in [2.75, 3.05) is 6.54 Å². The fourth-order valence-electron chi connectivity index (χ4n) is 2.77. The zero-order valence-electron chi connectivity index (χ0n) is 14.0. The first-order valence-corrected chi connectivity index (χ1v) is 9.27. The van der Waals surface area contributed by atoms with E-state index in [0.29, 0.717) is 6.04 Å². The highest BCUT2D eigenvalue weighted by molar-refractivity contribution is 4.61. The van der Waals surface area contributed by atoms with Gasteiger partial charge in [0.1, 0.15) is 0 Å². The van der Waals surface area contributed by atoms with Crippen LogP contribution in [0.4, 0.5) is 0 Å². The molecule has 4 N–H and O–H groups in total. The van der Waals surface area contributed by atoms with E-state index in [4.69, 9.17) is 11.5 Å². The number of unbranched alkanes of at least 4 members (excludes halogenated alkanes) is 11. The third-order valence-electron chi connectivity index (χ3n) is 4.21. The predicted molar refractivity (Wildman–Crippen MR) is 92.0 cm³/mol. The smallest absolute Gasteiger partial charge is 0.00388 e. The summed E-state index contributed by atoms with van der Waals surface area (Å²) in [5.41, 5.74) is 11.6. The molecule has 0 radical (unpaired) electrons. The Hall–Kier alpha value is -0.0800. The lowest BCUT2D eigenvalue weighted by Gasteiger charge is -2.10. The third-order valence-corrected chi connectivity index (χ3v) is 4.21. The summed E-state index contributed by atoms with van der Waals surface area (Å²) in [4.78, 5) is 0. The summed E-state index contributed by atoms with van der Waals surface area (Å²) in [7, 11) is 0. The van der Waals surface area contributed by atoms with Crippen LogP contribution in [0.15, 0.2) is 0 Å². The van der Waals surface area contributed by atoms with Gasteiger partial charge in [0.05, 0.1) is 0 Å². The molecule has 0 amide bonds. The molecule has 0 aromatic carbocycles. The van der Waals surface area contributed by atoms with Crippen LogP contribution < -0.4 is 11.5 Å². The number of hydrogen-bond acceptors (Lipinski definition) is 2. The normalized spacial score (nSPS) is 12.8. The molecule has 0 aromatic rings. The summed E-state index contributed by atoms with van der Waals surface area (Å²) < 4.78 is 0. The van der Waals surface area contributed by atoms with E-state index in [1.807, 2.05) is 0 Å². The fourth-order valence-corrected chi connectivity index (χ4v) is 2.77. The molecule has 1 atom stereocenters. The zero-order valence-corrected chi connectivity index (χ0v) is 14.0. The molecule has 0 fully saturated rings. The molecule has 0 spiro atoms. The van der Waals surface area contributed by atoms with Crippen LogP contribution in [0.1, 0.15) is 103 Å². The van der Waals surface area contributed by atoms with Crippen LogP contribution in [-0.2, 0) is 0 Å². The topological polar surface area (TPSA) is 52.0 Å². The molecule has 122 valence electrons. The fraction of sp³-hybridized carbons (Fsp3) is 1.00. The minimum absolute atomic E-state index is 0.417. The maximum Gasteiger partial charge on any atom is 0.00388 e. The van der Waals surface area contributed by atoms with Gasteiger partial charge in [0.15, 0.2) is 0 Å². The molecule has 0 aromatic heterocycles. The van der Waals surface area contributed by atoms with Crippen LogP contribution >= 0.6 is 0 Å². The average molecular weight is 285 g/mol. The van der Waals surface area contributed by atoms with E-state index in [1.54, 1.807) is 0 Å². The molecule has 0 aliphatic carbocycles. The van der Waals surface area contributed by atoms with Crippen molar-refractivity contribution in [2.24, 2.45) is 11.5 Å². The summed E-state index contributed by atoms with van der Waals surface area (Å²) >= 11 is 0. The van der Waals surface area contributed by atoms with Crippen molar-refractivity contribution >= 4 is 0 Å². The average Bonchev–Trinajstić information content (AvgIpc) is 2.45. The molecule has 2 heteroatoms. The Bertz CT molecular complexity index is 171. The van der Waals surface area contributed by atoms with Gasteiger partial charge in [-0.25, -0.2) is 0 Å². The van der Waals surface area contributed by atoms with Gasteiger partial charge in [-0.1, -0.05) is 84.0 Å². The van der Waals surface area contributed by atoms with Gasteiger partial charge in [0.25, 0.3) is 0 Å². The lowest BCUT2D eigenvalue weighted by molar-refractivity contribution is 0.490. The maximum atomic E-state index is 6.09. The van der Waals surface area contributed by atoms with E-state index >= 15 is 0 Å². The summed E-state index contributed by atoms with van der Waals surface area (Å²) in [6, 6.07) is 0.417. The van der Waals surface area contributed by atoms with E-state index in [1.165, 1.54) is 83.5 Å². The first-order chi connectivity index (χ1) is 9.81. The number of rotatable bonds is 16. The first-order valence-electron chi connectivity index (χ1n) is 9.27. The highest BCUT2D eigenvalue weighted by atomic mass is 14.6. The Morgan fingerprint density at radius 3 is 1.45 bits per heavy atom. The maximum absolute atomic E-state index is 6.09. The minimum atomic E-state index is 0.417. The summed E-state index contributed by atoms with van der Waals surface area (Å²) in [6.07, 6.45) is 20.2. The molecular weight excluding hydrogens is 244 g/mol. The number of nitrogens with two attached hydrogens (primary N) is 2. The molecule has 20 heavy (non-hydrogen) atoms. The minimum Gasteiger partial charge on any atom is -0.330 e. The van der Waals surface area contributed by atoms with E-state index in [9.17, 15) is 0 Å². The molecule has 0 rings (SSSR count). The predicted octanol–water partition coefficient (Wildman–Crippen LogP) is 5.14. The van der Waals surface area contributed by atoms with E-state index in [2.05, 4.69) is 6.92 Å². The Kier molecular flexibility index (Phi) is 16.9. The molecular formula is C18H40N2. The monoisotopic (exact) mass is 284 g/mol. The lowest BCUT2D eigenvalue weighted by atomic mass is 10.0. The molecule has 2 nitrogen and oxygen atoms in total. The lowest BCUT2D eigenvalue weighted by Crippen LogP contribution is -2.19. The van der Waals surface area contributed by atoms with Crippen molar-refractivity contribution in [3.63, 3.8) is 0 Å². The second-order valence-corrected chi connectivity index (χ2v) is 6.37. The Labute approximate surface area is 128 Å². The van der Waals surface area contributed by atoms with Crippen LogP contribution in [0.5, 0.6) is 0 Å². The van der Waals surface area contributed by atoms with Gasteiger partial charge in [0, 0.05) is 6.04 Å². The Morgan fingerprint density at radius 2 is 1.00 bits per heavy atom. The van der Waals surface area contributed by atoms with Gasteiger partial charge in [-0.15, -0.1) is 0 Å². The quantitative estimate of drug-likeness (QED) is 0.385. The van der Waals surface area contributed by atoms with Gasteiger partial charge in [-0.05, 0) is 25.8 Å². The van der Waals surface area contributed by atoms with Crippen molar-refractivity contribution < 1.29 is 0 Å². The van der Waals surface area contributed by atoms with Gasteiger partial charge >= 0.3 is 0 Å². The first kappa shape index (κ1) is 19.9. The van der Waals surface area contributed by atoms with Crippen molar-refractivity contribution in [2.45, 2.75) is 109 Å².